The number of pyridine rings is 1. The molecule has 0 aliphatic rings. The van der Waals surface area contributed by atoms with Crippen LogP contribution in [0.4, 0.5) is 11.4 Å². The van der Waals surface area contributed by atoms with Crippen molar-refractivity contribution in [2.24, 2.45) is 0 Å². The molecule has 9 heteroatoms. The van der Waals surface area contributed by atoms with Crippen LogP contribution in [0.15, 0.2) is 76.4 Å². The van der Waals surface area contributed by atoms with Crippen LogP contribution >= 0.6 is 0 Å². The van der Waals surface area contributed by atoms with E-state index in [-0.39, 0.29) is 17.1 Å². The molecule has 0 unspecified atom stereocenters. The number of rotatable bonds is 7. The molecule has 1 amide bonds. The Bertz CT molecular complexity index is 1220. The maximum atomic E-state index is 12.8. The molecule has 8 nitrogen and oxygen atoms in total. The van der Waals surface area contributed by atoms with Crippen molar-refractivity contribution in [2.75, 3.05) is 17.1 Å². The smallest absolute Gasteiger partial charge is 0.275 e. The van der Waals surface area contributed by atoms with Crippen molar-refractivity contribution in [2.45, 2.75) is 18.4 Å². The predicted octanol–water partition coefficient (Wildman–Crippen LogP) is 2.60. The van der Waals surface area contributed by atoms with Crippen LogP contribution < -0.4 is 20.3 Å². The van der Waals surface area contributed by atoms with Gasteiger partial charge in [0.25, 0.3) is 15.6 Å². The van der Waals surface area contributed by atoms with Crippen molar-refractivity contribution in [3.8, 4) is 5.75 Å². The molecule has 0 fully saturated rings. The molecule has 2 aromatic carbocycles. The monoisotopic (exact) mass is 427 g/mol. The van der Waals surface area contributed by atoms with E-state index in [2.05, 4.69) is 10.0 Å². The molecule has 0 radical (unpaired) electrons. The van der Waals surface area contributed by atoms with Crippen LogP contribution in [0.3, 0.4) is 0 Å². The largest absolute Gasteiger partial charge is 0.497 e. The van der Waals surface area contributed by atoms with Crippen LogP contribution in [0.5, 0.6) is 5.75 Å². The molecule has 0 spiro atoms. The topological polar surface area (TPSA) is 106 Å². The molecule has 3 rings (SSSR count). The van der Waals surface area contributed by atoms with Gasteiger partial charge < -0.3 is 14.6 Å². The fraction of sp³-hybridized carbons (Fsp3) is 0.143. The van der Waals surface area contributed by atoms with Crippen LogP contribution in [-0.4, -0.2) is 26.0 Å². The third kappa shape index (κ3) is 4.87. The SMILES string of the molecule is COc1cccc(NC(=O)Cn2c(C)ccc(NS(=O)(=O)c3ccccc3)c2=O)c1. The van der Waals surface area contributed by atoms with E-state index in [0.717, 1.165) is 0 Å². The molecule has 156 valence electrons. The van der Waals surface area contributed by atoms with Gasteiger partial charge in [0, 0.05) is 17.4 Å². The first-order valence-corrected chi connectivity index (χ1v) is 10.5. The summed E-state index contributed by atoms with van der Waals surface area (Å²) >= 11 is 0. The Morgan fingerprint density at radius 1 is 1.03 bits per heavy atom. The highest BCUT2D eigenvalue weighted by atomic mass is 32.2. The first kappa shape index (κ1) is 21.1. The normalized spacial score (nSPS) is 11.0. The highest BCUT2D eigenvalue weighted by Crippen LogP contribution is 2.17. The van der Waals surface area contributed by atoms with E-state index >= 15 is 0 Å². The van der Waals surface area contributed by atoms with E-state index in [1.807, 2.05) is 0 Å². The second-order valence-electron chi connectivity index (χ2n) is 6.48. The van der Waals surface area contributed by atoms with Crippen LogP contribution in [-0.2, 0) is 21.4 Å². The van der Waals surface area contributed by atoms with Gasteiger partial charge in [0.2, 0.25) is 5.91 Å². The lowest BCUT2D eigenvalue weighted by Crippen LogP contribution is -2.31. The van der Waals surface area contributed by atoms with Crippen molar-refractivity contribution in [3.05, 3.63) is 82.8 Å². The lowest BCUT2D eigenvalue weighted by molar-refractivity contribution is -0.116. The number of carbonyl (C=O) groups is 1. The molecule has 0 aliphatic heterocycles. The van der Waals surface area contributed by atoms with Gasteiger partial charge in [0.1, 0.15) is 18.0 Å². The van der Waals surface area contributed by atoms with Crippen molar-refractivity contribution in [1.82, 2.24) is 4.57 Å². The van der Waals surface area contributed by atoms with Gasteiger partial charge in [0.05, 0.1) is 12.0 Å². The van der Waals surface area contributed by atoms with Crippen molar-refractivity contribution >= 4 is 27.3 Å². The molecule has 0 aliphatic carbocycles. The molecule has 0 bridgehead atoms. The van der Waals surface area contributed by atoms with E-state index < -0.39 is 21.5 Å². The molecule has 1 heterocycles. The van der Waals surface area contributed by atoms with Crippen molar-refractivity contribution < 1.29 is 17.9 Å². The van der Waals surface area contributed by atoms with Crippen LogP contribution in [0.25, 0.3) is 0 Å². The van der Waals surface area contributed by atoms with E-state index in [0.29, 0.717) is 17.1 Å². The summed E-state index contributed by atoms with van der Waals surface area (Å²) in [4.78, 5) is 25.3. The van der Waals surface area contributed by atoms with Crippen LogP contribution in [0, 0.1) is 6.92 Å². The zero-order valence-electron chi connectivity index (χ0n) is 16.5. The quantitative estimate of drug-likeness (QED) is 0.603. The summed E-state index contributed by atoms with van der Waals surface area (Å²) in [5, 5.41) is 2.70. The number of nitrogens with one attached hydrogen (secondary N) is 2. The summed E-state index contributed by atoms with van der Waals surface area (Å²) in [5.41, 5.74) is 0.281. The number of nitrogens with zero attached hydrogens (tertiary/aromatic N) is 1. The van der Waals surface area contributed by atoms with E-state index in [9.17, 15) is 18.0 Å². The summed E-state index contributed by atoms with van der Waals surface area (Å²) in [5.74, 6) is 0.148. The number of aryl methyl sites for hydroxylation is 1. The van der Waals surface area contributed by atoms with Gasteiger partial charge in [-0.1, -0.05) is 24.3 Å². The average molecular weight is 427 g/mol. The molecule has 3 aromatic rings. The minimum atomic E-state index is -3.93. The number of ether oxygens (including phenoxy) is 1. The van der Waals surface area contributed by atoms with Gasteiger partial charge >= 0.3 is 0 Å². The lowest BCUT2D eigenvalue weighted by atomic mass is 10.3. The van der Waals surface area contributed by atoms with Gasteiger partial charge in [-0.05, 0) is 43.3 Å². The Morgan fingerprint density at radius 3 is 2.47 bits per heavy atom. The first-order valence-electron chi connectivity index (χ1n) is 9.02. The third-order valence-corrected chi connectivity index (χ3v) is 5.73. The molecule has 0 saturated heterocycles. The van der Waals surface area contributed by atoms with E-state index in [1.165, 1.54) is 29.9 Å². The molecule has 1 aromatic heterocycles. The second-order valence-corrected chi connectivity index (χ2v) is 8.16. The lowest BCUT2D eigenvalue weighted by Gasteiger charge is -2.14. The zero-order valence-corrected chi connectivity index (χ0v) is 17.3. The van der Waals surface area contributed by atoms with Crippen molar-refractivity contribution in [1.29, 1.82) is 0 Å². The first-order chi connectivity index (χ1) is 14.3. The number of carbonyl (C=O) groups excluding carboxylic acids is 1. The second kappa shape index (κ2) is 8.83. The Kier molecular flexibility index (Phi) is 6.22. The Hall–Kier alpha value is -3.59. The van der Waals surface area contributed by atoms with Gasteiger partial charge in [-0.3, -0.25) is 14.3 Å². The molecule has 0 atom stereocenters. The minimum Gasteiger partial charge on any atom is -0.497 e. The van der Waals surface area contributed by atoms with Crippen LogP contribution in [0.1, 0.15) is 5.69 Å². The summed E-state index contributed by atoms with van der Waals surface area (Å²) < 4.78 is 33.7. The zero-order chi connectivity index (χ0) is 21.7. The number of methoxy groups -OCH3 is 1. The highest BCUT2D eigenvalue weighted by molar-refractivity contribution is 7.92. The number of aromatic nitrogens is 1. The fourth-order valence-corrected chi connectivity index (χ4v) is 3.87. The number of benzene rings is 2. The molecule has 2 N–H and O–H groups in total. The molecule has 30 heavy (non-hydrogen) atoms. The number of anilines is 2. The van der Waals surface area contributed by atoms with Gasteiger partial charge in [0.15, 0.2) is 0 Å². The number of hydrogen-bond donors (Lipinski definition) is 2. The fourth-order valence-electron chi connectivity index (χ4n) is 2.79. The van der Waals surface area contributed by atoms with Gasteiger partial charge in [-0.15, -0.1) is 0 Å². The molecule has 0 saturated carbocycles. The Morgan fingerprint density at radius 2 is 1.77 bits per heavy atom. The summed E-state index contributed by atoms with van der Waals surface area (Å²) in [6, 6.07) is 17.5. The van der Waals surface area contributed by atoms with Crippen LogP contribution in [0.2, 0.25) is 0 Å². The van der Waals surface area contributed by atoms with Crippen molar-refractivity contribution in [3.63, 3.8) is 0 Å². The predicted molar refractivity (Wildman–Crippen MR) is 114 cm³/mol. The average Bonchev–Trinajstić information content (AvgIpc) is 2.74. The Balaban J connectivity index is 1.82. The standard InChI is InChI=1S/C21H21N3O5S/c1-15-11-12-19(23-30(27,28)18-9-4-3-5-10-18)21(26)24(15)14-20(25)22-16-7-6-8-17(13-16)29-2/h3-13,23H,14H2,1-2H3,(H,22,25). The van der Waals surface area contributed by atoms with Gasteiger partial charge in [-0.25, -0.2) is 8.42 Å². The third-order valence-electron chi connectivity index (χ3n) is 4.35. The number of sulfonamides is 1. The summed E-state index contributed by atoms with van der Waals surface area (Å²) in [6.07, 6.45) is 0. The van der Waals surface area contributed by atoms with E-state index in [4.69, 9.17) is 4.74 Å². The Labute approximate surface area is 174 Å². The number of hydrogen-bond acceptors (Lipinski definition) is 5. The highest BCUT2D eigenvalue weighted by Gasteiger charge is 2.17. The molecular weight excluding hydrogens is 406 g/mol. The summed E-state index contributed by atoms with van der Waals surface area (Å²) in [6.45, 7) is 1.39. The maximum Gasteiger partial charge on any atom is 0.275 e. The molecular formula is C21H21N3O5S. The summed E-state index contributed by atoms with van der Waals surface area (Å²) in [7, 11) is -2.41. The minimum absolute atomic E-state index is 0.0345. The van der Waals surface area contributed by atoms with Gasteiger partial charge in [-0.2, -0.15) is 0 Å². The van der Waals surface area contributed by atoms with E-state index in [1.54, 1.807) is 55.5 Å². The number of amides is 1. The maximum absolute atomic E-state index is 12.8.